The molecule has 0 N–H and O–H groups in total. The molecule has 3 rings (SSSR count). The molecule has 3 fully saturated rings. The normalized spacial score (nSPS) is 36.7. The van der Waals surface area contributed by atoms with Crippen LogP contribution in [0, 0.1) is 5.92 Å². The molecule has 20 heavy (non-hydrogen) atoms. The number of likely N-dealkylation sites (tertiary alicyclic amines) is 1. The third-order valence-corrected chi connectivity index (χ3v) is 4.85. The second-order valence-corrected chi connectivity index (χ2v) is 6.06. The van der Waals surface area contributed by atoms with Gasteiger partial charge in [0.25, 0.3) is 0 Å². The Kier molecular flexibility index (Phi) is 5.44. The van der Waals surface area contributed by atoms with Gasteiger partial charge in [-0.1, -0.05) is 20.8 Å². The Balaban J connectivity index is 0.000000704. The van der Waals surface area contributed by atoms with Crippen molar-refractivity contribution in [3.8, 4) is 0 Å². The maximum atomic E-state index is 12.8. The average molecular weight is 282 g/mol. The van der Waals surface area contributed by atoms with Gasteiger partial charge in [-0.2, -0.15) is 0 Å². The molecule has 3 heterocycles. The van der Waals surface area contributed by atoms with E-state index in [4.69, 9.17) is 4.74 Å². The van der Waals surface area contributed by atoms with Gasteiger partial charge in [-0.25, -0.2) is 0 Å². The number of piperazine rings is 1. The van der Waals surface area contributed by atoms with Crippen LogP contribution in [0.2, 0.25) is 0 Å². The van der Waals surface area contributed by atoms with Gasteiger partial charge < -0.3 is 14.5 Å². The van der Waals surface area contributed by atoms with Crippen molar-refractivity contribution in [3.05, 3.63) is 0 Å². The monoisotopic (exact) mass is 282 g/mol. The van der Waals surface area contributed by atoms with Gasteiger partial charge in [-0.3, -0.25) is 4.79 Å². The van der Waals surface area contributed by atoms with E-state index in [1.807, 2.05) is 13.8 Å². The van der Waals surface area contributed by atoms with Crippen LogP contribution in [-0.4, -0.2) is 60.6 Å². The predicted octanol–water partition coefficient (Wildman–Crippen LogP) is 2.13. The van der Waals surface area contributed by atoms with Gasteiger partial charge >= 0.3 is 0 Å². The zero-order valence-corrected chi connectivity index (χ0v) is 13.5. The summed E-state index contributed by atoms with van der Waals surface area (Å²) in [7, 11) is 2.17. The van der Waals surface area contributed by atoms with Crippen LogP contribution >= 0.6 is 0 Å². The second kappa shape index (κ2) is 6.90. The third kappa shape index (κ3) is 2.86. The highest BCUT2D eigenvalue weighted by molar-refractivity contribution is 5.81. The van der Waals surface area contributed by atoms with Crippen molar-refractivity contribution in [2.75, 3.05) is 26.7 Å². The first-order valence-corrected chi connectivity index (χ1v) is 8.33. The van der Waals surface area contributed by atoms with Crippen molar-refractivity contribution in [2.45, 2.75) is 64.6 Å². The van der Waals surface area contributed by atoms with Crippen molar-refractivity contribution in [1.82, 2.24) is 9.80 Å². The Hall–Kier alpha value is -0.610. The Morgan fingerprint density at radius 3 is 2.30 bits per heavy atom. The quantitative estimate of drug-likeness (QED) is 0.778. The van der Waals surface area contributed by atoms with Crippen LogP contribution in [0.1, 0.15) is 46.5 Å². The second-order valence-electron chi connectivity index (χ2n) is 6.06. The Bertz CT molecular complexity index is 320. The van der Waals surface area contributed by atoms with Crippen LogP contribution in [0.25, 0.3) is 0 Å². The van der Waals surface area contributed by atoms with Crippen molar-refractivity contribution in [2.24, 2.45) is 5.92 Å². The molecule has 4 unspecified atom stereocenters. The summed E-state index contributed by atoms with van der Waals surface area (Å²) >= 11 is 0. The van der Waals surface area contributed by atoms with Gasteiger partial charge in [0.05, 0.1) is 12.0 Å². The fraction of sp³-hybridized carbons (Fsp3) is 0.938. The van der Waals surface area contributed by atoms with E-state index in [2.05, 4.69) is 23.8 Å². The van der Waals surface area contributed by atoms with Crippen LogP contribution in [0.3, 0.4) is 0 Å². The predicted molar refractivity (Wildman–Crippen MR) is 80.6 cm³/mol. The summed E-state index contributed by atoms with van der Waals surface area (Å²) in [5, 5.41) is 0. The number of likely N-dealkylation sites (N-methyl/N-ethyl adjacent to an activating group) is 1. The molecule has 1 amide bonds. The van der Waals surface area contributed by atoms with E-state index in [0.717, 1.165) is 32.5 Å². The Morgan fingerprint density at radius 2 is 1.75 bits per heavy atom. The Labute approximate surface area is 123 Å². The molecular formula is C16H30N2O2. The molecule has 116 valence electrons. The van der Waals surface area contributed by atoms with E-state index >= 15 is 0 Å². The number of carbonyl (C=O) groups excluding carboxylic acids is 1. The minimum absolute atomic E-state index is 0.126. The molecule has 4 atom stereocenters. The van der Waals surface area contributed by atoms with Crippen LogP contribution in [-0.2, 0) is 9.53 Å². The fourth-order valence-corrected chi connectivity index (χ4v) is 4.00. The molecule has 0 aromatic heterocycles. The topological polar surface area (TPSA) is 32.8 Å². The van der Waals surface area contributed by atoms with Crippen LogP contribution in [0.15, 0.2) is 0 Å². The molecule has 3 saturated heterocycles. The number of rotatable bonds is 2. The summed E-state index contributed by atoms with van der Waals surface area (Å²) in [6.45, 7) is 8.98. The smallest absolute Gasteiger partial charge is 0.228 e. The van der Waals surface area contributed by atoms with Gasteiger partial charge in [0, 0.05) is 31.8 Å². The third-order valence-electron chi connectivity index (χ3n) is 4.85. The molecular weight excluding hydrogens is 252 g/mol. The molecule has 0 aromatic rings. The summed E-state index contributed by atoms with van der Waals surface area (Å²) in [5.41, 5.74) is 0. The number of amides is 1. The number of carbonyl (C=O) groups is 1. The summed E-state index contributed by atoms with van der Waals surface area (Å²) in [6.07, 6.45) is 4.41. The minimum Gasteiger partial charge on any atom is -0.377 e. The average Bonchev–Trinajstić information content (AvgIpc) is 3.03. The van der Waals surface area contributed by atoms with E-state index in [-0.39, 0.29) is 12.0 Å². The van der Waals surface area contributed by atoms with Crippen LogP contribution in [0.5, 0.6) is 0 Å². The van der Waals surface area contributed by atoms with E-state index in [1.165, 1.54) is 12.8 Å². The minimum atomic E-state index is 0.126. The van der Waals surface area contributed by atoms with Gasteiger partial charge in [0.1, 0.15) is 0 Å². The maximum absolute atomic E-state index is 12.8. The number of nitrogens with zero attached hydrogens (tertiary/aromatic N) is 2. The highest BCUT2D eigenvalue weighted by atomic mass is 16.5. The molecule has 0 aromatic carbocycles. The first-order chi connectivity index (χ1) is 9.70. The molecule has 0 radical (unpaired) electrons. The number of hydrogen-bond acceptors (Lipinski definition) is 3. The molecule has 0 saturated carbocycles. The lowest BCUT2D eigenvalue weighted by Gasteiger charge is -2.41. The highest BCUT2D eigenvalue weighted by Crippen LogP contribution is 2.34. The molecule has 4 heteroatoms. The van der Waals surface area contributed by atoms with Crippen molar-refractivity contribution < 1.29 is 9.53 Å². The molecule has 3 aliphatic rings. The van der Waals surface area contributed by atoms with E-state index < -0.39 is 0 Å². The fourth-order valence-electron chi connectivity index (χ4n) is 4.00. The lowest BCUT2D eigenvalue weighted by molar-refractivity contribution is -0.143. The summed E-state index contributed by atoms with van der Waals surface area (Å²) in [4.78, 5) is 17.3. The zero-order chi connectivity index (χ0) is 14.7. The summed E-state index contributed by atoms with van der Waals surface area (Å²) in [5.74, 6) is 0.501. The molecule has 2 bridgehead atoms. The van der Waals surface area contributed by atoms with Crippen molar-refractivity contribution in [3.63, 3.8) is 0 Å². The molecule has 0 aliphatic carbocycles. The molecule has 3 aliphatic heterocycles. The van der Waals surface area contributed by atoms with E-state index in [9.17, 15) is 4.79 Å². The number of ether oxygens (including phenoxy) is 1. The van der Waals surface area contributed by atoms with Gasteiger partial charge in [0.2, 0.25) is 5.91 Å². The first kappa shape index (κ1) is 15.8. The summed E-state index contributed by atoms with van der Waals surface area (Å²) < 4.78 is 5.68. The van der Waals surface area contributed by atoms with Gasteiger partial charge in [-0.15, -0.1) is 0 Å². The van der Waals surface area contributed by atoms with Gasteiger partial charge in [-0.05, 0) is 32.7 Å². The number of fused-ring (bicyclic) bond motifs is 2. The first-order valence-electron chi connectivity index (χ1n) is 8.33. The molecule has 0 spiro atoms. The number of hydrogen-bond donors (Lipinski definition) is 0. The highest BCUT2D eigenvalue weighted by Gasteiger charge is 2.45. The lowest BCUT2D eigenvalue weighted by Crippen LogP contribution is -2.56. The summed E-state index contributed by atoms with van der Waals surface area (Å²) in [6, 6.07) is 0.915. The largest absolute Gasteiger partial charge is 0.377 e. The van der Waals surface area contributed by atoms with Crippen molar-refractivity contribution >= 4 is 5.91 Å². The SMILES string of the molecule is CC.CCC1OCCC1C(=O)N1C2CCC1CN(C)C2. The van der Waals surface area contributed by atoms with E-state index in [1.54, 1.807) is 0 Å². The lowest BCUT2D eigenvalue weighted by atomic mass is 9.96. The van der Waals surface area contributed by atoms with Crippen molar-refractivity contribution in [1.29, 1.82) is 0 Å². The van der Waals surface area contributed by atoms with Crippen LogP contribution in [0.4, 0.5) is 0 Å². The standard InChI is InChI=1S/C14H24N2O2.C2H6/c1-3-13-12(6-7-18-13)14(17)16-10-4-5-11(16)9-15(2)8-10;1-2/h10-13H,3-9H2,1-2H3;1-2H3. The maximum Gasteiger partial charge on any atom is 0.228 e. The molecule has 4 nitrogen and oxygen atoms in total. The van der Waals surface area contributed by atoms with Gasteiger partial charge in [0.15, 0.2) is 0 Å². The van der Waals surface area contributed by atoms with Crippen LogP contribution < -0.4 is 0 Å². The van der Waals surface area contributed by atoms with E-state index in [0.29, 0.717) is 18.0 Å². The zero-order valence-electron chi connectivity index (χ0n) is 13.5. The Morgan fingerprint density at radius 1 is 1.15 bits per heavy atom.